The Kier molecular flexibility index (Phi) is 5.97. The Bertz CT molecular complexity index is 974. The van der Waals surface area contributed by atoms with E-state index in [0.29, 0.717) is 11.7 Å². The lowest BCUT2D eigenvalue weighted by atomic mass is 10.1. The van der Waals surface area contributed by atoms with Gasteiger partial charge in [0, 0.05) is 11.4 Å². The molecule has 0 amide bonds. The highest BCUT2D eigenvalue weighted by molar-refractivity contribution is 9.10. The maximum absolute atomic E-state index is 5.47. The molecule has 0 unspecified atom stereocenters. The number of anilines is 2. The molecule has 1 aromatic heterocycles. The van der Waals surface area contributed by atoms with E-state index >= 15 is 0 Å². The molecule has 4 nitrogen and oxygen atoms in total. The third-order valence-corrected chi connectivity index (χ3v) is 5.64. The van der Waals surface area contributed by atoms with Crippen molar-refractivity contribution in [2.45, 2.75) is 34.2 Å². The van der Waals surface area contributed by atoms with Gasteiger partial charge in [0.25, 0.3) is 0 Å². The summed E-state index contributed by atoms with van der Waals surface area (Å²) in [5.41, 5.74) is 7.64. The highest BCUT2D eigenvalue weighted by Gasteiger charge is 2.09. The van der Waals surface area contributed by atoms with E-state index in [9.17, 15) is 0 Å². The number of hydrogen-bond acceptors (Lipinski definition) is 2. The first kappa shape index (κ1) is 19.6. The molecule has 3 rings (SSSR count). The Morgan fingerprint density at radius 2 is 1.67 bits per heavy atom. The standard InChI is InChI=1S/C21H23BrN4S/c1-13-8-14(2)10-19(9-13)24-21(27)23-18-7-5-6-17(11-18)12-26-16(4)20(22)15(3)25-26/h5-11H,12H2,1-4H3,(H2,23,24,27). The average molecular weight is 443 g/mol. The van der Waals surface area contributed by atoms with Gasteiger partial charge in [-0.15, -0.1) is 0 Å². The predicted octanol–water partition coefficient (Wildman–Crippen LogP) is 5.74. The van der Waals surface area contributed by atoms with Gasteiger partial charge in [0.1, 0.15) is 0 Å². The van der Waals surface area contributed by atoms with E-state index in [2.05, 4.69) is 82.8 Å². The Hall–Kier alpha value is -2.18. The van der Waals surface area contributed by atoms with Gasteiger partial charge in [-0.1, -0.05) is 18.2 Å². The molecule has 0 aliphatic rings. The summed E-state index contributed by atoms with van der Waals surface area (Å²) in [4.78, 5) is 0. The SMILES string of the molecule is Cc1cc(C)cc(NC(=S)Nc2cccc(Cn3nc(C)c(Br)c3C)c2)c1. The molecule has 3 aromatic rings. The molecule has 0 bridgehead atoms. The second-order valence-corrected chi connectivity index (χ2v) is 8.00. The number of benzene rings is 2. The van der Waals surface area contributed by atoms with E-state index in [4.69, 9.17) is 12.2 Å². The van der Waals surface area contributed by atoms with Crippen LogP contribution in [0, 0.1) is 27.7 Å². The molecule has 0 fully saturated rings. The quantitative estimate of drug-likeness (QED) is 0.505. The number of halogens is 1. The fourth-order valence-corrected chi connectivity index (χ4v) is 3.61. The van der Waals surface area contributed by atoms with Crippen molar-refractivity contribution >= 4 is 44.6 Å². The van der Waals surface area contributed by atoms with E-state index in [-0.39, 0.29) is 0 Å². The smallest absolute Gasteiger partial charge is 0.175 e. The van der Waals surface area contributed by atoms with Gasteiger partial charge < -0.3 is 10.6 Å². The summed E-state index contributed by atoms with van der Waals surface area (Å²) in [5.74, 6) is 0. The van der Waals surface area contributed by atoms with Crippen LogP contribution < -0.4 is 10.6 Å². The zero-order valence-electron chi connectivity index (χ0n) is 15.9. The molecule has 27 heavy (non-hydrogen) atoms. The maximum atomic E-state index is 5.47. The van der Waals surface area contributed by atoms with Crippen molar-refractivity contribution in [1.29, 1.82) is 0 Å². The Morgan fingerprint density at radius 1 is 1.00 bits per heavy atom. The van der Waals surface area contributed by atoms with Gasteiger partial charge in [-0.3, -0.25) is 4.68 Å². The molecule has 1 heterocycles. The van der Waals surface area contributed by atoms with E-state index < -0.39 is 0 Å². The second-order valence-electron chi connectivity index (χ2n) is 6.80. The van der Waals surface area contributed by atoms with Crippen molar-refractivity contribution in [3.05, 3.63) is 75.0 Å². The summed E-state index contributed by atoms with van der Waals surface area (Å²) in [5, 5.41) is 11.7. The highest BCUT2D eigenvalue weighted by Crippen LogP contribution is 2.21. The molecule has 2 aromatic carbocycles. The lowest BCUT2D eigenvalue weighted by molar-refractivity contribution is 0.659. The van der Waals surface area contributed by atoms with Crippen molar-refractivity contribution in [2.24, 2.45) is 0 Å². The van der Waals surface area contributed by atoms with Crippen molar-refractivity contribution < 1.29 is 0 Å². The van der Waals surface area contributed by atoms with Gasteiger partial charge in [0.05, 0.1) is 22.4 Å². The molecular weight excluding hydrogens is 420 g/mol. The third-order valence-electron chi connectivity index (χ3n) is 4.29. The van der Waals surface area contributed by atoms with Gasteiger partial charge in [0.2, 0.25) is 0 Å². The zero-order chi connectivity index (χ0) is 19.6. The van der Waals surface area contributed by atoms with Gasteiger partial charge in [-0.05, 0) is 96.8 Å². The number of thiocarbonyl (C=S) groups is 1. The van der Waals surface area contributed by atoms with Crippen molar-refractivity contribution in [1.82, 2.24) is 9.78 Å². The lowest BCUT2D eigenvalue weighted by Gasteiger charge is -2.13. The van der Waals surface area contributed by atoms with Gasteiger partial charge in [0.15, 0.2) is 5.11 Å². The van der Waals surface area contributed by atoms with E-state index in [1.165, 1.54) is 11.1 Å². The summed E-state index contributed by atoms with van der Waals surface area (Å²) in [6.45, 7) is 8.94. The highest BCUT2D eigenvalue weighted by atomic mass is 79.9. The fourth-order valence-electron chi connectivity index (χ4n) is 3.09. The topological polar surface area (TPSA) is 41.9 Å². The first-order valence-corrected chi connectivity index (χ1v) is 9.96. The summed E-state index contributed by atoms with van der Waals surface area (Å²) in [7, 11) is 0. The predicted molar refractivity (Wildman–Crippen MR) is 121 cm³/mol. The Morgan fingerprint density at radius 3 is 2.30 bits per heavy atom. The molecular formula is C21H23BrN4S. The molecule has 0 saturated carbocycles. The second kappa shape index (κ2) is 8.23. The Balaban J connectivity index is 1.69. The number of hydrogen-bond donors (Lipinski definition) is 2. The van der Waals surface area contributed by atoms with Crippen LogP contribution >= 0.6 is 28.1 Å². The van der Waals surface area contributed by atoms with Crippen LogP contribution in [0.15, 0.2) is 46.9 Å². The van der Waals surface area contributed by atoms with Gasteiger partial charge >= 0.3 is 0 Å². The van der Waals surface area contributed by atoms with Crippen molar-refractivity contribution in [3.8, 4) is 0 Å². The van der Waals surface area contributed by atoms with Crippen LogP contribution in [-0.2, 0) is 6.54 Å². The normalized spacial score (nSPS) is 10.7. The van der Waals surface area contributed by atoms with Gasteiger partial charge in [-0.2, -0.15) is 5.10 Å². The molecule has 0 saturated heterocycles. The summed E-state index contributed by atoms with van der Waals surface area (Å²) >= 11 is 9.05. The maximum Gasteiger partial charge on any atom is 0.175 e. The molecule has 0 atom stereocenters. The third kappa shape index (κ3) is 4.96. The molecule has 140 valence electrons. The van der Waals surface area contributed by atoms with Crippen LogP contribution in [0.3, 0.4) is 0 Å². The van der Waals surface area contributed by atoms with Crippen LogP contribution in [0.4, 0.5) is 11.4 Å². The minimum Gasteiger partial charge on any atom is -0.332 e. The molecule has 0 aliphatic carbocycles. The van der Waals surface area contributed by atoms with Crippen LogP contribution in [0.2, 0.25) is 0 Å². The molecule has 0 aliphatic heterocycles. The first-order chi connectivity index (χ1) is 12.8. The van der Waals surface area contributed by atoms with Gasteiger partial charge in [-0.25, -0.2) is 0 Å². The summed E-state index contributed by atoms with van der Waals surface area (Å²) in [6, 6.07) is 14.5. The lowest BCUT2D eigenvalue weighted by Crippen LogP contribution is -2.19. The minimum atomic E-state index is 0.575. The molecule has 0 spiro atoms. The largest absolute Gasteiger partial charge is 0.332 e. The average Bonchev–Trinajstić information content (AvgIpc) is 2.81. The van der Waals surface area contributed by atoms with Crippen LogP contribution in [0.25, 0.3) is 0 Å². The number of nitrogens with zero attached hydrogens (tertiary/aromatic N) is 2. The molecule has 2 N–H and O–H groups in total. The molecule has 0 radical (unpaired) electrons. The van der Waals surface area contributed by atoms with Crippen molar-refractivity contribution in [2.75, 3.05) is 10.6 Å². The minimum absolute atomic E-state index is 0.575. The number of aryl methyl sites for hydroxylation is 3. The van der Waals surface area contributed by atoms with E-state index in [1.54, 1.807) is 0 Å². The number of rotatable bonds is 4. The monoisotopic (exact) mass is 442 g/mol. The Labute approximate surface area is 174 Å². The number of aromatic nitrogens is 2. The molecule has 6 heteroatoms. The fraction of sp³-hybridized carbons (Fsp3) is 0.238. The van der Waals surface area contributed by atoms with Crippen LogP contribution in [-0.4, -0.2) is 14.9 Å². The van der Waals surface area contributed by atoms with Crippen LogP contribution in [0.5, 0.6) is 0 Å². The van der Waals surface area contributed by atoms with E-state index in [1.807, 2.05) is 23.7 Å². The summed E-state index contributed by atoms with van der Waals surface area (Å²) in [6.07, 6.45) is 0. The van der Waals surface area contributed by atoms with Crippen molar-refractivity contribution in [3.63, 3.8) is 0 Å². The number of nitrogens with one attached hydrogen (secondary N) is 2. The summed E-state index contributed by atoms with van der Waals surface area (Å²) < 4.78 is 3.07. The van der Waals surface area contributed by atoms with Crippen LogP contribution in [0.1, 0.15) is 28.1 Å². The van der Waals surface area contributed by atoms with E-state index in [0.717, 1.165) is 32.8 Å². The first-order valence-electron chi connectivity index (χ1n) is 8.76. The zero-order valence-corrected chi connectivity index (χ0v) is 18.3.